The van der Waals surface area contributed by atoms with Crippen molar-refractivity contribution in [2.24, 2.45) is 0 Å². The molecule has 2 aromatic carbocycles. The molecule has 124 valence electrons. The normalized spacial score (nSPS) is 10.1. The largest absolute Gasteiger partial charge is 0.465 e. The van der Waals surface area contributed by atoms with Crippen molar-refractivity contribution in [2.45, 2.75) is 13.8 Å². The molecule has 0 aliphatic rings. The number of methoxy groups -OCH3 is 1. The summed E-state index contributed by atoms with van der Waals surface area (Å²) in [7, 11) is 1.28. The van der Waals surface area contributed by atoms with E-state index in [0.29, 0.717) is 11.1 Å². The summed E-state index contributed by atoms with van der Waals surface area (Å²) in [6.07, 6.45) is 0. The van der Waals surface area contributed by atoms with Gasteiger partial charge in [-0.2, -0.15) is 0 Å². The van der Waals surface area contributed by atoms with Gasteiger partial charge in [-0.25, -0.2) is 9.59 Å². The number of benzene rings is 2. The smallest absolute Gasteiger partial charge is 0.338 e. The third-order valence-electron chi connectivity index (χ3n) is 3.56. The number of esters is 2. The molecule has 0 atom stereocenters. The zero-order chi connectivity index (χ0) is 17.7. The van der Waals surface area contributed by atoms with E-state index in [1.165, 1.54) is 31.4 Å². The van der Waals surface area contributed by atoms with Crippen LogP contribution in [0.3, 0.4) is 0 Å². The van der Waals surface area contributed by atoms with E-state index in [0.717, 1.165) is 11.1 Å². The van der Waals surface area contributed by atoms with Gasteiger partial charge in [0.05, 0.1) is 18.2 Å². The fourth-order valence-electron chi connectivity index (χ4n) is 2.28. The van der Waals surface area contributed by atoms with Crippen LogP contribution < -0.4 is 0 Å². The highest BCUT2D eigenvalue weighted by atomic mass is 16.5. The van der Waals surface area contributed by atoms with Gasteiger partial charge in [-0.15, -0.1) is 0 Å². The lowest BCUT2D eigenvalue weighted by molar-refractivity contribution is 0.0474. The predicted molar refractivity (Wildman–Crippen MR) is 88.3 cm³/mol. The molecule has 0 amide bonds. The Labute approximate surface area is 140 Å². The molecule has 2 aromatic rings. The van der Waals surface area contributed by atoms with Crippen LogP contribution in [0.15, 0.2) is 42.5 Å². The molecule has 0 saturated carbocycles. The highest BCUT2D eigenvalue weighted by Crippen LogP contribution is 2.12. The molecule has 0 saturated heterocycles. The first-order chi connectivity index (χ1) is 11.4. The number of carbonyl (C=O) groups is 3. The third kappa shape index (κ3) is 4.07. The van der Waals surface area contributed by atoms with Gasteiger partial charge in [0.2, 0.25) is 5.78 Å². The second kappa shape index (κ2) is 7.55. The summed E-state index contributed by atoms with van der Waals surface area (Å²) in [5.41, 5.74) is 3.04. The molecule has 0 heterocycles. The summed E-state index contributed by atoms with van der Waals surface area (Å²) in [5.74, 6) is -1.36. The molecule has 0 aromatic heterocycles. The number of hydrogen-bond acceptors (Lipinski definition) is 5. The molecule has 2 rings (SSSR count). The Morgan fingerprint density at radius 2 is 1.46 bits per heavy atom. The first-order valence-electron chi connectivity index (χ1n) is 7.38. The van der Waals surface area contributed by atoms with Gasteiger partial charge in [0, 0.05) is 5.56 Å². The summed E-state index contributed by atoms with van der Waals surface area (Å²) < 4.78 is 9.64. The first-order valence-corrected chi connectivity index (χ1v) is 7.38. The van der Waals surface area contributed by atoms with E-state index >= 15 is 0 Å². The SMILES string of the molecule is COC(=O)c1ccc(C(=O)OCC(=O)c2ccc(C)cc2C)cc1. The Morgan fingerprint density at radius 3 is 2.00 bits per heavy atom. The standard InChI is InChI=1S/C19H18O5/c1-12-4-9-16(13(2)10-12)17(20)11-24-19(22)15-7-5-14(6-8-15)18(21)23-3/h4-10H,11H2,1-3H3. The second-order valence-electron chi connectivity index (χ2n) is 5.39. The maximum absolute atomic E-state index is 12.2. The van der Waals surface area contributed by atoms with Crippen LogP contribution in [0.25, 0.3) is 0 Å². The van der Waals surface area contributed by atoms with Gasteiger partial charge in [-0.1, -0.05) is 23.8 Å². The van der Waals surface area contributed by atoms with Crippen LogP contribution in [-0.2, 0) is 9.47 Å². The lowest BCUT2D eigenvalue weighted by Gasteiger charge is -2.07. The van der Waals surface area contributed by atoms with Gasteiger partial charge in [0.25, 0.3) is 0 Å². The maximum Gasteiger partial charge on any atom is 0.338 e. The lowest BCUT2D eigenvalue weighted by Crippen LogP contribution is -2.15. The van der Waals surface area contributed by atoms with Crippen molar-refractivity contribution in [3.63, 3.8) is 0 Å². The van der Waals surface area contributed by atoms with Crippen molar-refractivity contribution in [2.75, 3.05) is 13.7 Å². The van der Waals surface area contributed by atoms with Crippen molar-refractivity contribution in [3.8, 4) is 0 Å². The quantitative estimate of drug-likeness (QED) is 0.623. The van der Waals surface area contributed by atoms with E-state index in [1.54, 1.807) is 6.07 Å². The van der Waals surface area contributed by atoms with Crippen molar-refractivity contribution >= 4 is 17.7 Å². The van der Waals surface area contributed by atoms with Gasteiger partial charge in [0.15, 0.2) is 6.61 Å². The van der Waals surface area contributed by atoms with Crippen LogP contribution in [0, 0.1) is 13.8 Å². The molecule has 5 heteroatoms. The molecule has 0 spiro atoms. The number of ketones is 1. The van der Waals surface area contributed by atoms with Gasteiger partial charge in [-0.3, -0.25) is 4.79 Å². The minimum Gasteiger partial charge on any atom is -0.465 e. The van der Waals surface area contributed by atoms with Crippen molar-refractivity contribution in [1.82, 2.24) is 0 Å². The predicted octanol–water partition coefficient (Wildman–Crippen LogP) is 3.13. The molecular formula is C19H18O5. The Bertz CT molecular complexity index is 775. The summed E-state index contributed by atoms with van der Waals surface area (Å²) in [4.78, 5) is 35.5. The molecule has 0 bridgehead atoms. The summed E-state index contributed by atoms with van der Waals surface area (Å²) in [6, 6.07) is 11.3. The molecule has 0 radical (unpaired) electrons. The zero-order valence-corrected chi connectivity index (χ0v) is 13.8. The van der Waals surface area contributed by atoms with Crippen LogP contribution in [0.4, 0.5) is 0 Å². The molecule has 0 unspecified atom stereocenters. The number of carbonyl (C=O) groups excluding carboxylic acids is 3. The van der Waals surface area contributed by atoms with Crippen LogP contribution in [0.2, 0.25) is 0 Å². The molecule has 0 N–H and O–H groups in total. The highest BCUT2D eigenvalue weighted by Gasteiger charge is 2.14. The van der Waals surface area contributed by atoms with Crippen LogP contribution in [-0.4, -0.2) is 31.4 Å². The first kappa shape index (κ1) is 17.4. The summed E-state index contributed by atoms with van der Waals surface area (Å²) in [5, 5.41) is 0. The average molecular weight is 326 g/mol. The monoisotopic (exact) mass is 326 g/mol. The molecule has 0 aliphatic heterocycles. The fraction of sp³-hybridized carbons (Fsp3) is 0.211. The van der Waals surface area contributed by atoms with Crippen LogP contribution >= 0.6 is 0 Å². The van der Waals surface area contributed by atoms with E-state index in [4.69, 9.17) is 4.74 Å². The van der Waals surface area contributed by atoms with E-state index in [1.807, 2.05) is 26.0 Å². The minimum absolute atomic E-state index is 0.257. The van der Waals surface area contributed by atoms with Crippen molar-refractivity contribution < 1.29 is 23.9 Å². The summed E-state index contributed by atoms with van der Waals surface area (Å²) in [6.45, 7) is 3.45. The third-order valence-corrected chi connectivity index (χ3v) is 3.56. The van der Waals surface area contributed by atoms with Gasteiger partial charge >= 0.3 is 11.9 Å². The Balaban J connectivity index is 1.99. The average Bonchev–Trinajstić information content (AvgIpc) is 2.58. The molecular weight excluding hydrogens is 308 g/mol. The second-order valence-corrected chi connectivity index (χ2v) is 5.39. The van der Waals surface area contributed by atoms with E-state index in [9.17, 15) is 14.4 Å². The van der Waals surface area contributed by atoms with Crippen molar-refractivity contribution in [3.05, 3.63) is 70.3 Å². The van der Waals surface area contributed by atoms with Gasteiger partial charge in [0.1, 0.15) is 0 Å². The van der Waals surface area contributed by atoms with E-state index in [-0.39, 0.29) is 18.0 Å². The number of Topliss-reactive ketones (excluding diaryl/α,β-unsaturated/α-hetero) is 1. The molecule has 24 heavy (non-hydrogen) atoms. The fourth-order valence-corrected chi connectivity index (χ4v) is 2.28. The highest BCUT2D eigenvalue weighted by molar-refractivity contribution is 6.00. The van der Waals surface area contributed by atoms with E-state index in [2.05, 4.69) is 4.74 Å². The van der Waals surface area contributed by atoms with Crippen molar-refractivity contribution in [1.29, 1.82) is 0 Å². The Kier molecular flexibility index (Phi) is 5.47. The summed E-state index contributed by atoms with van der Waals surface area (Å²) >= 11 is 0. The molecule has 5 nitrogen and oxygen atoms in total. The zero-order valence-electron chi connectivity index (χ0n) is 13.8. The Morgan fingerprint density at radius 1 is 0.875 bits per heavy atom. The number of ether oxygens (including phenoxy) is 2. The van der Waals surface area contributed by atoms with Crippen LogP contribution in [0.5, 0.6) is 0 Å². The Hall–Kier alpha value is -2.95. The lowest BCUT2D eigenvalue weighted by atomic mass is 10.0. The van der Waals surface area contributed by atoms with Gasteiger partial charge < -0.3 is 9.47 Å². The molecule has 0 aliphatic carbocycles. The van der Waals surface area contributed by atoms with Crippen LogP contribution in [0.1, 0.15) is 42.2 Å². The minimum atomic E-state index is -0.621. The maximum atomic E-state index is 12.2. The number of rotatable bonds is 5. The topological polar surface area (TPSA) is 69.7 Å². The number of aryl methyl sites for hydroxylation is 2. The van der Waals surface area contributed by atoms with E-state index < -0.39 is 11.9 Å². The number of hydrogen-bond donors (Lipinski definition) is 0. The molecule has 0 fully saturated rings. The van der Waals surface area contributed by atoms with Gasteiger partial charge in [-0.05, 0) is 43.7 Å².